The minimum absolute atomic E-state index is 0.0380. The molecule has 10 heavy (non-hydrogen) atoms. The summed E-state index contributed by atoms with van der Waals surface area (Å²) in [5.74, 6) is 0.362. The Hall–Kier alpha value is -0.570. The number of hydrogen-bond donors (Lipinski definition) is 0. The molecule has 2 saturated heterocycles. The van der Waals surface area contributed by atoms with Crippen molar-refractivity contribution in [1.82, 2.24) is 0 Å². The van der Waals surface area contributed by atoms with E-state index < -0.39 is 0 Å². The SMILES string of the molecule is O=C1CC2C(CC3O[C@H]32)O1. The van der Waals surface area contributed by atoms with E-state index in [0.29, 0.717) is 24.5 Å². The van der Waals surface area contributed by atoms with Crippen LogP contribution < -0.4 is 0 Å². The molecule has 3 nitrogen and oxygen atoms in total. The van der Waals surface area contributed by atoms with Crippen LogP contribution in [0.1, 0.15) is 12.8 Å². The van der Waals surface area contributed by atoms with Gasteiger partial charge in [-0.1, -0.05) is 0 Å². The molecule has 0 radical (unpaired) electrons. The van der Waals surface area contributed by atoms with E-state index in [-0.39, 0.29) is 12.1 Å². The summed E-state index contributed by atoms with van der Waals surface area (Å²) in [6.07, 6.45) is 2.54. The Labute approximate surface area is 58.3 Å². The Morgan fingerprint density at radius 2 is 2.30 bits per heavy atom. The molecule has 1 saturated carbocycles. The van der Waals surface area contributed by atoms with Gasteiger partial charge in [-0.25, -0.2) is 0 Å². The second-order valence-electron chi connectivity index (χ2n) is 3.27. The molecule has 0 bridgehead atoms. The number of epoxide rings is 1. The van der Waals surface area contributed by atoms with Crippen LogP contribution in [0.3, 0.4) is 0 Å². The second-order valence-corrected chi connectivity index (χ2v) is 3.27. The molecule has 3 rings (SSSR count). The summed E-state index contributed by atoms with van der Waals surface area (Å²) in [7, 11) is 0. The lowest BCUT2D eigenvalue weighted by atomic mass is 10.0. The van der Waals surface area contributed by atoms with E-state index in [4.69, 9.17) is 9.47 Å². The third-order valence-electron chi connectivity index (χ3n) is 2.67. The predicted octanol–water partition coefficient (Wildman–Crippen LogP) is 0.0892. The van der Waals surface area contributed by atoms with Crippen molar-refractivity contribution in [2.75, 3.05) is 0 Å². The lowest BCUT2D eigenvalue weighted by Crippen LogP contribution is -2.14. The van der Waals surface area contributed by atoms with Crippen LogP contribution in [0.15, 0.2) is 0 Å². The van der Waals surface area contributed by atoms with E-state index in [9.17, 15) is 4.79 Å². The molecule has 0 spiro atoms. The Bertz CT molecular complexity index is 201. The van der Waals surface area contributed by atoms with Gasteiger partial charge in [-0.05, 0) is 0 Å². The lowest BCUT2D eigenvalue weighted by Gasteiger charge is -2.07. The largest absolute Gasteiger partial charge is 0.462 e. The lowest BCUT2D eigenvalue weighted by molar-refractivity contribution is -0.141. The molecule has 1 aliphatic carbocycles. The molecular formula is C7H8O3. The summed E-state index contributed by atoms with van der Waals surface area (Å²) in [6.45, 7) is 0. The van der Waals surface area contributed by atoms with Crippen LogP contribution in [0.4, 0.5) is 0 Å². The molecule has 54 valence electrons. The summed E-state index contributed by atoms with van der Waals surface area (Å²) >= 11 is 0. The van der Waals surface area contributed by atoms with E-state index in [0.717, 1.165) is 6.42 Å². The smallest absolute Gasteiger partial charge is 0.306 e. The van der Waals surface area contributed by atoms with Crippen molar-refractivity contribution < 1.29 is 14.3 Å². The third kappa shape index (κ3) is 0.475. The average molecular weight is 140 g/mol. The number of ether oxygens (including phenoxy) is 2. The molecule has 0 aromatic heterocycles. The molecule has 0 aromatic rings. The van der Waals surface area contributed by atoms with Crippen molar-refractivity contribution in [3.63, 3.8) is 0 Å². The Kier molecular flexibility index (Phi) is 0.703. The number of esters is 1. The van der Waals surface area contributed by atoms with Crippen LogP contribution in [0, 0.1) is 5.92 Å². The van der Waals surface area contributed by atoms with Gasteiger partial charge in [0.25, 0.3) is 0 Å². The van der Waals surface area contributed by atoms with Crippen molar-refractivity contribution in [1.29, 1.82) is 0 Å². The third-order valence-corrected chi connectivity index (χ3v) is 2.67. The fourth-order valence-electron chi connectivity index (χ4n) is 2.13. The number of fused-ring (bicyclic) bond motifs is 3. The first-order valence-electron chi connectivity index (χ1n) is 3.69. The predicted molar refractivity (Wildman–Crippen MR) is 31.3 cm³/mol. The standard InChI is InChI=1S/C7H8O3/c8-6-1-3-4(9-6)2-5-7(3)10-5/h3-5,7H,1-2H2/t3?,4?,5?,7-/m0/s1. The summed E-state index contributed by atoms with van der Waals surface area (Å²) in [5.41, 5.74) is 0. The maximum absolute atomic E-state index is 10.7. The zero-order chi connectivity index (χ0) is 6.72. The minimum Gasteiger partial charge on any atom is -0.462 e. The van der Waals surface area contributed by atoms with Crippen LogP contribution in [-0.2, 0) is 14.3 Å². The number of hydrogen-bond acceptors (Lipinski definition) is 3. The van der Waals surface area contributed by atoms with Crippen LogP contribution in [-0.4, -0.2) is 24.3 Å². The molecule has 2 heterocycles. The second kappa shape index (κ2) is 1.37. The van der Waals surface area contributed by atoms with Gasteiger partial charge >= 0.3 is 5.97 Å². The van der Waals surface area contributed by atoms with E-state index in [1.54, 1.807) is 0 Å². The molecule has 0 N–H and O–H groups in total. The van der Waals surface area contributed by atoms with Crippen LogP contribution in [0.25, 0.3) is 0 Å². The first-order valence-corrected chi connectivity index (χ1v) is 3.69. The van der Waals surface area contributed by atoms with E-state index >= 15 is 0 Å². The van der Waals surface area contributed by atoms with Gasteiger partial charge in [0.15, 0.2) is 0 Å². The summed E-state index contributed by atoms with van der Waals surface area (Å²) in [6, 6.07) is 0. The highest BCUT2D eigenvalue weighted by Crippen LogP contribution is 2.48. The van der Waals surface area contributed by atoms with E-state index in [2.05, 4.69) is 0 Å². The molecule has 4 atom stereocenters. The maximum atomic E-state index is 10.7. The van der Waals surface area contributed by atoms with E-state index in [1.807, 2.05) is 0 Å². The average Bonchev–Trinajstić information content (AvgIpc) is 2.40. The molecule has 0 aromatic carbocycles. The quantitative estimate of drug-likeness (QED) is 0.353. The van der Waals surface area contributed by atoms with Crippen molar-refractivity contribution in [2.24, 2.45) is 5.92 Å². The van der Waals surface area contributed by atoms with Gasteiger partial charge in [-0.15, -0.1) is 0 Å². The molecular weight excluding hydrogens is 132 g/mol. The van der Waals surface area contributed by atoms with E-state index in [1.165, 1.54) is 0 Å². The van der Waals surface area contributed by atoms with Gasteiger partial charge < -0.3 is 9.47 Å². The van der Waals surface area contributed by atoms with Gasteiger partial charge in [-0.2, -0.15) is 0 Å². The number of carbonyl (C=O) groups is 1. The summed E-state index contributed by atoms with van der Waals surface area (Å²) in [5, 5.41) is 0. The topological polar surface area (TPSA) is 38.8 Å². The van der Waals surface area contributed by atoms with Gasteiger partial charge in [0.1, 0.15) is 6.10 Å². The van der Waals surface area contributed by atoms with Crippen LogP contribution >= 0.6 is 0 Å². The molecule has 0 amide bonds. The Balaban J connectivity index is 1.88. The maximum Gasteiger partial charge on any atom is 0.306 e. The highest BCUT2D eigenvalue weighted by molar-refractivity contribution is 5.72. The highest BCUT2D eigenvalue weighted by Gasteiger charge is 2.60. The highest BCUT2D eigenvalue weighted by atomic mass is 16.6. The zero-order valence-electron chi connectivity index (χ0n) is 5.45. The molecule has 2 aliphatic heterocycles. The van der Waals surface area contributed by atoms with Crippen LogP contribution in [0.5, 0.6) is 0 Å². The zero-order valence-corrected chi connectivity index (χ0v) is 5.45. The van der Waals surface area contributed by atoms with Crippen molar-refractivity contribution in [3.8, 4) is 0 Å². The first-order chi connectivity index (χ1) is 4.84. The molecule has 3 aliphatic rings. The number of carbonyl (C=O) groups excluding carboxylic acids is 1. The normalized spacial score (nSPS) is 55.8. The Morgan fingerprint density at radius 3 is 3.10 bits per heavy atom. The van der Waals surface area contributed by atoms with Gasteiger partial charge in [0.05, 0.1) is 18.6 Å². The molecule has 3 heteroatoms. The fourth-order valence-corrected chi connectivity index (χ4v) is 2.13. The first kappa shape index (κ1) is 5.13. The van der Waals surface area contributed by atoms with Gasteiger partial charge in [-0.3, -0.25) is 4.79 Å². The van der Waals surface area contributed by atoms with Gasteiger partial charge in [0, 0.05) is 12.3 Å². The van der Waals surface area contributed by atoms with Crippen molar-refractivity contribution in [2.45, 2.75) is 31.2 Å². The van der Waals surface area contributed by atoms with Crippen molar-refractivity contribution >= 4 is 5.97 Å². The summed E-state index contributed by atoms with van der Waals surface area (Å²) < 4.78 is 10.3. The van der Waals surface area contributed by atoms with Gasteiger partial charge in [0.2, 0.25) is 0 Å². The molecule has 3 unspecified atom stereocenters. The molecule has 3 fully saturated rings. The monoisotopic (exact) mass is 140 g/mol. The van der Waals surface area contributed by atoms with Crippen molar-refractivity contribution in [3.05, 3.63) is 0 Å². The number of rotatable bonds is 0. The summed E-state index contributed by atoms with van der Waals surface area (Å²) in [4.78, 5) is 10.7. The van der Waals surface area contributed by atoms with Crippen LogP contribution in [0.2, 0.25) is 0 Å². The Morgan fingerprint density at radius 1 is 1.40 bits per heavy atom. The fraction of sp³-hybridized carbons (Fsp3) is 0.857. The minimum atomic E-state index is -0.0380.